The second-order valence-electron chi connectivity index (χ2n) is 17.6. The zero-order chi connectivity index (χ0) is 45.0. The van der Waals surface area contributed by atoms with Gasteiger partial charge in [-0.2, -0.15) is 0 Å². The molecule has 1 aliphatic rings. The molecule has 2 N–H and O–H groups in total. The number of nitrogens with zero attached hydrogens (tertiary/aromatic N) is 3. The fourth-order valence-electron chi connectivity index (χ4n) is 10.4. The van der Waals surface area contributed by atoms with Gasteiger partial charge in [-0.25, -0.2) is 4.99 Å². The Balaban J connectivity index is 1.02. The van der Waals surface area contributed by atoms with Crippen LogP contribution in [0.4, 0.5) is 0 Å². The van der Waals surface area contributed by atoms with Gasteiger partial charge in [0.1, 0.15) is 18.2 Å². The van der Waals surface area contributed by atoms with Crippen molar-refractivity contribution < 1.29 is 0 Å². The molecule has 2 atom stereocenters. The van der Waals surface area contributed by atoms with E-state index in [0.717, 1.165) is 44.9 Å². The van der Waals surface area contributed by atoms with Gasteiger partial charge in [-0.3, -0.25) is 5.32 Å². The number of para-hydroxylation sites is 2. The lowest BCUT2D eigenvalue weighted by Crippen LogP contribution is -2.45. The summed E-state index contributed by atoms with van der Waals surface area (Å²) in [5, 5.41) is 12.6. The van der Waals surface area contributed by atoms with Crippen molar-refractivity contribution in [2.75, 3.05) is 0 Å². The molecule has 0 spiro atoms. The first-order valence-corrected chi connectivity index (χ1v) is 23.3. The number of fused-ring (bicyclic) bond motifs is 6. The van der Waals surface area contributed by atoms with Crippen molar-refractivity contribution in [2.24, 2.45) is 4.99 Å². The Morgan fingerprint density at radius 1 is 0.338 bits per heavy atom. The summed E-state index contributed by atoms with van der Waals surface area (Å²) in [6.45, 7) is 0. The van der Waals surface area contributed by atoms with Gasteiger partial charge in [0.15, 0.2) is 0 Å². The molecule has 2 unspecified atom stereocenters. The lowest BCUT2D eigenvalue weighted by atomic mass is 10.0. The minimum Gasteiger partial charge on any atom is -0.350 e. The smallest absolute Gasteiger partial charge is 0.131 e. The summed E-state index contributed by atoms with van der Waals surface area (Å²) in [7, 11) is 0. The van der Waals surface area contributed by atoms with E-state index in [9.17, 15) is 0 Å². The maximum Gasteiger partial charge on any atom is 0.131 e. The third kappa shape index (κ3) is 6.88. The van der Waals surface area contributed by atoms with Crippen LogP contribution in [0.2, 0.25) is 0 Å². The van der Waals surface area contributed by atoms with Crippen molar-refractivity contribution in [1.29, 1.82) is 0 Å². The highest BCUT2D eigenvalue weighted by molar-refractivity contribution is 6.13. The van der Waals surface area contributed by atoms with Crippen LogP contribution in [-0.4, -0.2) is 15.0 Å². The normalized spacial score (nSPS) is 14.9. The van der Waals surface area contributed by atoms with Crippen LogP contribution in [-0.2, 0) is 0 Å². The third-order valence-electron chi connectivity index (χ3n) is 13.6. The second-order valence-corrected chi connectivity index (χ2v) is 17.6. The molecule has 0 bridgehead atoms. The largest absolute Gasteiger partial charge is 0.350 e. The van der Waals surface area contributed by atoms with Gasteiger partial charge in [0.05, 0.1) is 27.8 Å². The molecule has 13 rings (SSSR count). The van der Waals surface area contributed by atoms with Crippen molar-refractivity contribution >= 4 is 49.4 Å². The SMILES string of the molecule is c1ccc(C2=NC(c3ccccc3-n3c4ccc(-c5ccccc5)cc4c4ccc(-n5c6ccccc6c6ccc(-c7ccccc7)cc65)cc43)NC(c3cccc(-c4ccccc4)c3)N2)cc1. The van der Waals surface area contributed by atoms with Crippen LogP contribution in [0.15, 0.2) is 254 Å². The van der Waals surface area contributed by atoms with Gasteiger partial charge in [-0.05, 0) is 87.5 Å². The van der Waals surface area contributed by atoms with E-state index in [4.69, 9.17) is 4.99 Å². The van der Waals surface area contributed by atoms with Crippen molar-refractivity contribution in [3.63, 3.8) is 0 Å². The molecule has 0 saturated carbocycles. The number of rotatable bonds is 8. The molecule has 0 saturated heterocycles. The fourth-order valence-corrected chi connectivity index (χ4v) is 10.4. The van der Waals surface area contributed by atoms with Gasteiger partial charge in [0.25, 0.3) is 0 Å². The van der Waals surface area contributed by atoms with Crippen molar-refractivity contribution in [1.82, 2.24) is 19.8 Å². The number of hydrogen-bond donors (Lipinski definition) is 2. The zero-order valence-corrected chi connectivity index (χ0v) is 37.2. The summed E-state index contributed by atoms with van der Waals surface area (Å²) in [6, 6.07) is 89.6. The fraction of sp³-hybridized carbons (Fsp3) is 0.0317. The molecule has 2 aromatic heterocycles. The average molecular weight is 872 g/mol. The van der Waals surface area contributed by atoms with Gasteiger partial charge in [0.2, 0.25) is 0 Å². The maximum absolute atomic E-state index is 5.50. The van der Waals surface area contributed by atoms with Crippen molar-refractivity contribution in [2.45, 2.75) is 12.3 Å². The number of aromatic nitrogens is 2. The Morgan fingerprint density at radius 3 is 1.60 bits per heavy atom. The molecule has 0 amide bonds. The van der Waals surface area contributed by atoms with Crippen molar-refractivity contribution in [3.8, 4) is 44.8 Å². The highest BCUT2D eigenvalue weighted by Gasteiger charge is 2.29. The van der Waals surface area contributed by atoms with Gasteiger partial charge < -0.3 is 14.5 Å². The van der Waals surface area contributed by atoms with E-state index in [2.05, 4.69) is 268 Å². The molecule has 3 heterocycles. The lowest BCUT2D eigenvalue weighted by molar-refractivity contribution is 0.408. The van der Waals surface area contributed by atoms with E-state index in [-0.39, 0.29) is 12.3 Å². The van der Waals surface area contributed by atoms with Crippen LogP contribution in [0.3, 0.4) is 0 Å². The van der Waals surface area contributed by atoms with Crippen LogP contribution < -0.4 is 10.6 Å². The topological polar surface area (TPSA) is 46.3 Å². The van der Waals surface area contributed by atoms with E-state index in [1.165, 1.54) is 66.0 Å². The third-order valence-corrected chi connectivity index (χ3v) is 13.6. The van der Waals surface area contributed by atoms with E-state index < -0.39 is 0 Å². The minimum atomic E-state index is -0.388. The van der Waals surface area contributed by atoms with E-state index in [0.29, 0.717) is 0 Å². The molecule has 5 nitrogen and oxygen atoms in total. The number of benzene rings is 10. The highest BCUT2D eigenvalue weighted by atomic mass is 15.3. The van der Waals surface area contributed by atoms with Gasteiger partial charge >= 0.3 is 0 Å². The van der Waals surface area contributed by atoms with E-state index in [1.54, 1.807) is 0 Å². The molecule has 5 heteroatoms. The standard InChI is InChI=1S/C63H45N5/c1-5-18-42(19-6-1)46-26-17-27-49(38-46)62-64-61(45-24-11-4-12-25-45)65-63(66-62)54-29-14-16-31-57(54)68-58-37-33-47(43-20-7-2-8-21-43)39-55(58)53-36-34-50(41-60(53)68)67-56-30-15-13-28-51(56)52-35-32-48(40-59(52)67)44-22-9-3-10-23-44/h1-41,62-63,66H,(H,64,65). The Labute approximate surface area is 394 Å². The zero-order valence-electron chi connectivity index (χ0n) is 37.2. The molecule has 10 aromatic carbocycles. The second kappa shape index (κ2) is 16.6. The summed E-state index contributed by atoms with van der Waals surface area (Å²) in [5.41, 5.74) is 17.1. The van der Waals surface area contributed by atoms with Crippen molar-refractivity contribution in [3.05, 3.63) is 265 Å². The monoisotopic (exact) mass is 871 g/mol. The summed E-state index contributed by atoms with van der Waals surface area (Å²) in [5.74, 6) is 0.845. The number of aliphatic imine (C=N–C) groups is 1. The number of amidine groups is 1. The summed E-state index contributed by atoms with van der Waals surface area (Å²) < 4.78 is 4.91. The van der Waals surface area contributed by atoms with Crippen LogP contribution in [0.1, 0.15) is 29.0 Å². The Hall–Kier alpha value is -8.77. The average Bonchev–Trinajstić information content (AvgIpc) is 3.93. The first kappa shape index (κ1) is 39.6. The molecule has 68 heavy (non-hydrogen) atoms. The van der Waals surface area contributed by atoms with Gasteiger partial charge in [-0.15, -0.1) is 0 Å². The molecule has 0 fully saturated rings. The first-order valence-electron chi connectivity index (χ1n) is 23.3. The quantitative estimate of drug-likeness (QED) is 0.160. The molecule has 12 aromatic rings. The predicted octanol–water partition coefficient (Wildman–Crippen LogP) is 15.2. The van der Waals surface area contributed by atoms with Crippen LogP contribution >= 0.6 is 0 Å². The predicted molar refractivity (Wildman–Crippen MR) is 283 cm³/mol. The molecular formula is C63H45N5. The summed E-state index contributed by atoms with van der Waals surface area (Å²) >= 11 is 0. The maximum atomic E-state index is 5.50. The molecular weight excluding hydrogens is 827 g/mol. The van der Waals surface area contributed by atoms with Crippen LogP contribution in [0, 0.1) is 0 Å². The summed E-state index contributed by atoms with van der Waals surface area (Å²) in [4.78, 5) is 5.50. The number of hydrogen-bond acceptors (Lipinski definition) is 3. The molecule has 0 radical (unpaired) electrons. The van der Waals surface area contributed by atoms with E-state index in [1.807, 2.05) is 0 Å². The van der Waals surface area contributed by atoms with Crippen LogP contribution in [0.25, 0.3) is 88.4 Å². The lowest BCUT2D eigenvalue weighted by Gasteiger charge is -2.33. The van der Waals surface area contributed by atoms with E-state index >= 15 is 0 Å². The van der Waals surface area contributed by atoms with Gasteiger partial charge in [0, 0.05) is 38.4 Å². The highest BCUT2D eigenvalue weighted by Crippen LogP contribution is 2.41. The van der Waals surface area contributed by atoms with Crippen LogP contribution in [0.5, 0.6) is 0 Å². The Bertz CT molecular complexity index is 3850. The molecule has 322 valence electrons. The number of nitrogens with one attached hydrogen (secondary N) is 2. The molecule has 0 aliphatic carbocycles. The first-order chi connectivity index (χ1) is 33.7. The minimum absolute atomic E-state index is 0.223. The molecule has 1 aliphatic heterocycles. The van der Waals surface area contributed by atoms with Gasteiger partial charge in [-0.1, -0.05) is 200 Å². The summed E-state index contributed by atoms with van der Waals surface area (Å²) in [6.07, 6.45) is -0.611. The Kier molecular flexibility index (Phi) is 9.66. The Morgan fingerprint density at radius 2 is 0.868 bits per heavy atom.